The third kappa shape index (κ3) is 4.51. The van der Waals surface area contributed by atoms with Gasteiger partial charge in [0.2, 0.25) is 5.16 Å². The van der Waals surface area contributed by atoms with Gasteiger partial charge in [0.15, 0.2) is 11.5 Å². The topological polar surface area (TPSA) is 100 Å². The van der Waals surface area contributed by atoms with Gasteiger partial charge in [0, 0.05) is 11.3 Å². The van der Waals surface area contributed by atoms with Crippen LogP contribution in [0.1, 0.15) is 25.2 Å². The molecule has 0 radical (unpaired) electrons. The summed E-state index contributed by atoms with van der Waals surface area (Å²) in [4.78, 5) is 15.6. The average Bonchev–Trinajstić information content (AvgIpc) is 3.03. The Labute approximate surface area is 144 Å². The fourth-order valence-electron chi connectivity index (χ4n) is 1.91. The number of aryl methyl sites for hydroxylation is 1. The number of nitrogens with one attached hydrogen (secondary N) is 1. The fourth-order valence-corrected chi connectivity index (χ4v) is 2.63. The summed E-state index contributed by atoms with van der Waals surface area (Å²) in [6.45, 7) is 4.31. The zero-order chi connectivity index (χ0) is 17.5. The van der Waals surface area contributed by atoms with Crippen LogP contribution in [-0.4, -0.2) is 34.9 Å². The number of carbonyl (C=O) groups excluding carboxylic acids is 1. The minimum absolute atomic E-state index is 0.00265. The Morgan fingerprint density at radius 3 is 2.75 bits per heavy atom. The summed E-state index contributed by atoms with van der Waals surface area (Å²) in [5.74, 6) is 0.523. The van der Waals surface area contributed by atoms with Gasteiger partial charge < -0.3 is 19.4 Å². The van der Waals surface area contributed by atoms with E-state index in [-0.39, 0.29) is 4.91 Å². The summed E-state index contributed by atoms with van der Waals surface area (Å²) in [7, 11) is 1.53. The molecule has 1 N–H and O–H groups in total. The largest absolute Gasteiger partial charge is 0.544 e. The van der Waals surface area contributed by atoms with Gasteiger partial charge in [0.05, 0.1) is 19.7 Å². The molecule has 2 rings (SSSR count). The van der Waals surface area contributed by atoms with Crippen molar-refractivity contribution in [3.8, 4) is 11.5 Å². The van der Waals surface area contributed by atoms with Crippen LogP contribution < -0.4 is 14.6 Å². The van der Waals surface area contributed by atoms with E-state index in [1.54, 1.807) is 18.2 Å². The van der Waals surface area contributed by atoms with Crippen LogP contribution in [0.4, 0.5) is 0 Å². The number of thioether (sulfide) groups is 1. The normalized spacial score (nSPS) is 11.4. The Bertz CT molecular complexity index is 743. The van der Waals surface area contributed by atoms with Crippen molar-refractivity contribution in [3.63, 3.8) is 0 Å². The summed E-state index contributed by atoms with van der Waals surface area (Å²) >= 11 is 0.929. The van der Waals surface area contributed by atoms with Crippen LogP contribution in [-0.2, 0) is 11.2 Å². The van der Waals surface area contributed by atoms with E-state index in [1.807, 2.05) is 13.8 Å². The number of carbonyl (C=O) groups is 1. The molecule has 1 heterocycles. The summed E-state index contributed by atoms with van der Waals surface area (Å²) in [6.07, 6.45) is 2.17. The van der Waals surface area contributed by atoms with Crippen molar-refractivity contribution in [2.45, 2.75) is 25.4 Å². The first-order chi connectivity index (χ1) is 11.6. The highest BCUT2D eigenvalue weighted by molar-refractivity contribution is 8.04. The van der Waals surface area contributed by atoms with Crippen LogP contribution >= 0.6 is 11.8 Å². The van der Waals surface area contributed by atoms with Gasteiger partial charge in [-0.3, -0.25) is 5.10 Å². The first-order valence-electron chi connectivity index (χ1n) is 7.40. The van der Waals surface area contributed by atoms with Gasteiger partial charge in [-0.05, 0) is 42.5 Å². The van der Waals surface area contributed by atoms with Gasteiger partial charge in [-0.2, -0.15) is 0 Å². The zero-order valence-corrected chi connectivity index (χ0v) is 14.5. The standard InChI is InChI=1S/C16H19N3O4S/c1-4-14-17-16(19-18-14)24-13(15(20)21)9-10-6-7-11(23-5-2)12(8-10)22-3/h6-9H,4-5H2,1-3H3,(H,20,21)(H,17,18,19)/p-1/b13-9-. The molecule has 1 aromatic carbocycles. The van der Waals surface area contributed by atoms with E-state index in [4.69, 9.17) is 9.47 Å². The third-order valence-corrected chi connectivity index (χ3v) is 3.90. The molecule has 0 aliphatic rings. The van der Waals surface area contributed by atoms with E-state index in [1.165, 1.54) is 13.2 Å². The van der Waals surface area contributed by atoms with Crippen LogP contribution in [0.25, 0.3) is 6.08 Å². The molecule has 24 heavy (non-hydrogen) atoms. The van der Waals surface area contributed by atoms with Crippen LogP contribution in [0.5, 0.6) is 11.5 Å². The van der Waals surface area contributed by atoms with E-state index in [0.717, 1.165) is 11.8 Å². The number of aliphatic carboxylic acids is 1. The molecule has 0 atom stereocenters. The number of hydrogen-bond donors (Lipinski definition) is 1. The molecule has 0 amide bonds. The number of nitrogens with zero attached hydrogens (tertiary/aromatic N) is 2. The number of benzene rings is 1. The number of carboxylic acid groups (broad SMARTS) is 1. The smallest absolute Gasteiger partial charge is 0.213 e. The summed E-state index contributed by atoms with van der Waals surface area (Å²) in [6, 6.07) is 5.17. The monoisotopic (exact) mass is 348 g/mol. The molecule has 0 fully saturated rings. The molecule has 1 aromatic heterocycles. The van der Waals surface area contributed by atoms with Crippen LogP contribution in [0, 0.1) is 0 Å². The van der Waals surface area contributed by atoms with Gasteiger partial charge in [0.25, 0.3) is 0 Å². The van der Waals surface area contributed by atoms with Crippen molar-refractivity contribution in [1.29, 1.82) is 0 Å². The van der Waals surface area contributed by atoms with E-state index in [9.17, 15) is 9.90 Å². The molecule has 0 aliphatic carbocycles. The van der Waals surface area contributed by atoms with Crippen LogP contribution in [0.3, 0.4) is 0 Å². The Morgan fingerprint density at radius 1 is 1.38 bits per heavy atom. The molecule has 0 saturated carbocycles. The van der Waals surface area contributed by atoms with Crippen LogP contribution in [0.2, 0.25) is 0 Å². The first-order valence-corrected chi connectivity index (χ1v) is 8.22. The molecule has 128 valence electrons. The summed E-state index contributed by atoms with van der Waals surface area (Å²) in [5.41, 5.74) is 0.647. The number of H-pyrrole nitrogens is 1. The second kappa shape index (κ2) is 8.39. The second-order valence-corrected chi connectivity index (χ2v) is 5.67. The number of rotatable bonds is 8. The maximum atomic E-state index is 11.4. The fraction of sp³-hybridized carbons (Fsp3) is 0.312. The van der Waals surface area contributed by atoms with E-state index >= 15 is 0 Å². The molecule has 0 saturated heterocycles. The summed E-state index contributed by atoms with van der Waals surface area (Å²) < 4.78 is 10.7. The average molecular weight is 348 g/mol. The molecule has 7 nitrogen and oxygen atoms in total. The lowest BCUT2D eigenvalue weighted by molar-refractivity contribution is -0.297. The lowest BCUT2D eigenvalue weighted by Crippen LogP contribution is -2.23. The van der Waals surface area contributed by atoms with Gasteiger partial charge in [-0.15, -0.1) is 5.10 Å². The van der Waals surface area contributed by atoms with Crippen molar-refractivity contribution < 1.29 is 19.4 Å². The highest BCUT2D eigenvalue weighted by Gasteiger charge is 2.10. The predicted molar refractivity (Wildman–Crippen MR) is 88.8 cm³/mol. The van der Waals surface area contributed by atoms with Crippen LogP contribution in [0.15, 0.2) is 28.3 Å². The molecule has 0 bridgehead atoms. The van der Waals surface area contributed by atoms with E-state index in [2.05, 4.69) is 15.2 Å². The van der Waals surface area contributed by atoms with Crippen molar-refractivity contribution in [1.82, 2.24) is 15.2 Å². The molecule has 0 aliphatic heterocycles. The molecule has 0 spiro atoms. The Hall–Kier alpha value is -2.48. The van der Waals surface area contributed by atoms with Gasteiger partial charge in [-0.1, -0.05) is 13.0 Å². The quantitative estimate of drug-likeness (QED) is 0.572. The maximum absolute atomic E-state index is 11.4. The lowest BCUT2D eigenvalue weighted by atomic mass is 10.2. The van der Waals surface area contributed by atoms with E-state index in [0.29, 0.717) is 41.1 Å². The highest BCUT2D eigenvalue weighted by Crippen LogP contribution is 2.31. The Morgan fingerprint density at radius 2 is 2.17 bits per heavy atom. The number of ether oxygens (including phenoxy) is 2. The lowest BCUT2D eigenvalue weighted by Gasteiger charge is -2.11. The van der Waals surface area contributed by atoms with Crippen molar-refractivity contribution in [3.05, 3.63) is 34.5 Å². The highest BCUT2D eigenvalue weighted by atomic mass is 32.2. The second-order valence-electron chi connectivity index (χ2n) is 4.66. The molecular weight excluding hydrogens is 330 g/mol. The van der Waals surface area contributed by atoms with E-state index < -0.39 is 5.97 Å². The predicted octanol–water partition coefficient (Wildman–Crippen LogP) is 1.66. The van der Waals surface area contributed by atoms with Crippen molar-refractivity contribution in [2.24, 2.45) is 0 Å². The number of hydrogen-bond acceptors (Lipinski definition) is 7. The number of carboxylic acids is 1. The molecular formula is C16H18N3O4S-. The number of aromatic amines is 1. The zero-order valence-electron chi connectivity index (χ0n) is 13.7. The number of aromatic nitrogens is 3. The van der Waals surface area contributed by atoms with Crippen molar-refractivity contribution in [2.75, 3.05) is 13.7 Å². The summed E-state index contributed by atoms with van der Waals surface area (Å²) in [5, 5.41) is 18.4. The molecule has 2 aromatic rings. The van der Waals surface area contributed by atoms with Gasteiger partial charge in [-0.25, -0.2) is 4.98 Å². The Kier molecular flexibility index (Phi) is 6.25. The van der Waals surface area contributed by atoms with Gasteiger partial charge >= 0.3 is 0 Å². The SMILES string of the molecule is CCOc1ccc(/C=C(\Sc2n[nH]c(CC)n2)C(=O)[O-])cc1OC. The minimum Gasteiger partial charge on any atom is -0.544 e. The molecule has 0 unspecified atom stereocenters. The minimum atomic E-state index is -1.30. The Balaban J connectivity index is 2.28. The number of methoxy groups -OCH3 is 1. The third-order valence-electron chi connectivity index (χ3n) is 3.03. The first kappa shape index (κ1) is 17.9. The van der Waals surface area contributed by atoms with Crippen molar-refractivity contribution >= 4 is 23.8 Å². The van der Waals surface area contributed by atoms with Gasteiger partial charge in [0.1, 0.15) is 5.82 Å². The molecule has 8 heteroatoms. The maximum Gasteiger partial charge on any atom is 0.213 e.